The van der Waals surface area contributed by atoms with E-state index in [9.17, 15) is 0 Å². The van der Waals surface area contributed by atoms with Crippen molar-refractivity contribution < 1.29 is 0 Å². The molecule has 0 nitrogen and oxygen atoms in total. The van der Waals surface area contributed by atoms with E-state index in [0.717, 1.165) is 0 Å². The van der Waals surface area contributed by atoms with Gasteiger partial charge >= 0.3 is 0 Å². The molecular weight excluding hydrogens is 2080 g/mol. The second kappa shape index (κ2) is 46.5. The minimum atomic E-state index is 0.100. The van der Waals surface area contributed by atoms with Gasteiger partial charge in [-0.1, -0.05) is 335 Å². The first kappa shape index (κ1) is 116. The van der Waals surface area contributed by atoms with E-state index in [0.29, 0.717) is 35.5 Å². The number of rotatable bonds is 13. The van der Waals surface area contributed by atoms with Gasteiger partial charge in [-0.3, -0.25) is 0 Å². The summed E-state index contributed by atoms with van der Waals surface area (Å²) < 4.78 is 20.1. The van der Waals surface area contributed by atoms with E-state index in [1.807, 2.05) is 159 Å². The van der Waals surface area contributed by atoms with Gasteiger partial charge in [-0.05, 0) is 373 Å². The highest BCUT2D eigenvalue weighted by Gasteiger charge is 2.33. The molecule has 14 aromatic heterocycles. The Morgan fingerprint density at radius 2 is 0.453 bits per heavy atom. The lowest BCUT2D eigenvalue weighted by Gasteiger charge is -2.33. The molecule has 14 heterocycles. The maximum absolute atomic E-state index is 2.48. The van der Waals surface area contributed by atoms with Crippen LogP contribution in [-0.2, 0) is 32.5 Å². The van der Waals surface area contributed by atoms with E-state index in [1.165, 1.54) is 261 Å². The number of fused-ring (bicyclic) bond motifs is 7. The molecule has 21 rings (SSSR count). The van der Waals surface area contributed by atoms with Crippen LogP contribution in [0.4, 0.5) is 0 Å². The van der Waals surface area contributed by atoms with Crippen molar-refractivity contribution >= 4 is 225 Å². The fraction of sp³-hybridized carbons (Fsp3) is 0.382. The Kier molecular flexibility index (Phi) is 36.0. The van der Waals surface area contributed by atoms with Crippen LogP contribution in [-0.4, -0.2) is 0 Å². The van der Waals surface area contributed by atoms with E-state index in [1.54, 1.807) is 0 Å². The van der Waals surface area contributed by atoms with Crippen LogP contribution in [0.1, 0.15) is 366 Å². The van der Waals surface area contributed by atoms with Crippen LogP contribution < -0.4 is 0 Å². The minimum absolute atomic E-state index is 0.100. The molecule has 0 aliphatic rings. The third-order valence-electron chi connectivity index (χ3n) is 28.5. The van der Waals surface area contributed by atoms with Crippen molar-refractivity contribution in [2.75, 3.05) is 0 Å². The van der Waals surface area contributed by atoms with Crippen molar-refractivity contribution in [1.82, 2.24) is 0 Å². The average Bonchev–Trinajstić information content (AvgIpc) is 1.13. The summed E-state index contributed by atoms with van der Waals surface area (Å²) in [7, 11) is 0. The van der Waals surface area contributed by atoms with Crippen LogP contribution in [0.15, 0.2) is 201 Å². The number of aryl methyl sites for hydroxylation is 10. The summed E-state index contributed by atoms with van der Waals surface area (Å²) in [6.45, 7) is 91.4. The van der Waals surface area contributed by atoms with Crippen LogP contribution in [0.25, 0.3) is 139 Å². The maximum atomic E-state index is 2.48. The van der Waals surface area contributed by atoms with Gasteiger partial charge < -0.3 is 0 Å². The van der Waals surface area contributed by atoms with Gasteiger partial charge in [-0.2, -0.15) is 0 Å². The fourth-order valence-corrected chi connectivity index (χ4v) is 36.6. The van der Waals surface area contributed by atoms with Crippen LogP contribution >= 0.6 is 159 Å². The molecular formula is C136H160S14. The molecule has 14 heteroatoms. The highest BCUT2D eigenvalue weighted by molar-refractivity contribution is 7.32. The Morgan fingerprint density at radius 1 is 0.187 bits per heavy atom. The zero-order valence-electron chi connectivity index (χ0n) is 96.8. The lowest BCUT2D eigenvalue weighted by Crippen LogP contribution is -2.22. The predicted molar refractivity (Wildman–Crippen MR) is 700 cm³/mol. The van der Waals surface area contributed by atoms with E-state index < -0.39 is 0 Å². The summed E-state index contributed by atoms with van der Waals surface area (Å²) in [6, 6.07) is 62.8. The first-order valence-electron chi connectivity index (χ1n) is 53.5. The molecule has 7 aromatic carbocycles. The van der Waals surface area contributed by atoms with Gasteiger partial charge in [-0.15, -0.1) is 159 Å². The van der Waals surface area contributed by atoms with Gasteiger partial charge in [0, 0.05) is 99.9 Å². The van der Waals surface area contributed by atoms with Gasteiger partial charge in [0.15, 0.2) is 0 Å². The topological polar surface area (TPSA) is 0 Å². The normalized spacial score (nSPS) is 12.4. The van der Waals surface area contributed by atoms with Crippen molar-refractivity contribution in [3.05, 3.63) is 324 Å². The summed E-state index contributed by atoms with van der Waals surface area (Å²) in [5, 5.41) is 15.8. The second-order valence-corrected chi connectivity index (χ2v) is 63.3. The van der Waals surface area contributed by atoms with E-state index in [4.69, 9.17) is 0 Å². The van der Waals surface area contributed by atoms with E-state index >= 15 is 0 Å². The molecule has 0 saturated carbocycles. The molecule has 0 spiro atoms. The van der Waals surface area contributed by atoms with Crippen molar-refractivity contribution in [2.45, 2.75) is 345 Å². The molecule has 0 radical (unpaired) electrons. The first-order chi connectivity index (χ1) is 70.2. The number of thiophene rings is 14. The average molecular weight is 2240 g/mol. The smallest absolute Gasteiger partial charge is 0.0486 e. The summed E-state index contributed by atoms with van der Waals surface area (Å²) in [4.78, 5) is 9.91. The molecule has 0 saturated heterocycles. The molecule has 0 aliphatic heterocycles. The van der Waals surface area contributed by atoms with Gasteiger partial charge in [0.25, 0.3) is 0 Å². The van der Waals surface area contributed by atoms with Crippen molar-refractivity contribution in [2.24, 2.45) is 0 Å². The van der Waals surface area contributed by atoms with Gasteiger partial charge in [0.2, 0.25) is 0 Å². The van der Waals surface area contributed by atoms with Crippen molar-refractivity contribution in [1.29, 1.82) is 0 Å². The summed E-state index contributed by atoms with van der Waals surface area (Å²) >= 11 is 26.6. The molecule has 0 N–H and O–H groups in total. The number of hydrogen-bond donors (Lipinski definition) is 0. The molecule has 21 aromatic rings. The van der Waals surface area contributed by atoms with Crippen LogP contribution in [0.5, 0.6) is 0 Å². The molecule has 0 atom stereocenters. The summed E-state index contributed by atoms with van der Waals surface area (Å²) in [6.07, 6.45) is 0. The molecule has 788 valence electrons. The monoisotopic (exact) mass is 2240 g/mol. The summed E-state index contributed by atoms with van der Waals surface area (Å²) in [5.41, 5.74) is 42.4. The third-order valence-corrected chi connectivity index (χ3v) is 45.9. The second-order valence-electron chi connectivity index (χ2n) is 49.5. The SMILES string of the molecule is Cc1cc(C)c(-c2cc3scc(C)c3s2)c(C)c1.Cc1csc2cc(-c3c(C(C)(C)C)cc(C(C)(C)C)cc3C(C)(C)C)sc12.Cc1csc2cc(-c3c(C(C)C)cc(C(C)C)cc3C(C)C)sc12.Cc1csc2cc(-c3ccc(C(C)(C)C)cc3C(C)(C)C)sc12.Cc1csc2cc(-c3ccc(C(C)C)cc3C(C)C)sc12.Cc1csc2cc(-c3ccccc3C(C)(C)C)sc12.Cc1csc2cc(-c3ccccc3C(C)C)sc12. The minimum Gasteiger partial charge on any atom is -0.143 e. The van der Waals surface area contributed by atoms with Crippen molar-refractivity contribution in [3.8, 4) is 73.1 Å². The Labute approximate surface area is 956 Å². The van der Waals surface area contributed by atoms with Crippen LogP contribution in [0.2, 0.25) is 0 Å². The number of hydrogen-bond acceptors (Lipinski definition) is 14. The third kappa shape index (κ3) is 26.0. The van der Waals surface area contributed by atoms with Gasteiger partial charge in [0.1, 0.15) is 0 Å². The van der Waals surface area contributed by atoms with E-state index in [2.05, 4.69) is 478 Å². The molecule has 0 bridgehead atoms. The fourth-order valence-electron chi connectivity index (χ4n) is 19.9. The zero-order valence-corrected chi connectivity index (χ0v) is 108. The molecule has 0 fully saturated rings. The summed E-state index contributed by atoms with van der Waals surface area (Å²) in [5.74, 6) is 3.37. The highest BCUT2D eigenvalue weighted by Crippen LogP contribution is 2.54. The standard InChI is InChI=1S/C25H34S2.C22H28S2.C21H26S2.C19H22S2.C17H18S2.2C16H16S2/c1-15-14-26-20-13-19(27-22(15)20)21-17(24(5,6)7)11-16(23(2,3)4)12-18(21)25(8,9)10;1-12(2)16-8-17(13(3)4)21(18(9-16)14(5)6)19-10-20-22(24-19)15(7)11-23-20;1-13-12-22-18-11-17(23-19(13)18)15-9-8-14(20(2,3)4)10-16(15)21(5,6)7;1-11(2)14-6-7-15(16(8-14)12(3)4)17-9-18-19(21-17)13(5)10-20-18;1-11-10-18-15-9-14(19-16(11)15)12-7-5-6-8-13(12)17(2,3)4;1-9-5-10(2)15(11(3)6-9)13-7-14-16(18-13)12(4)8-17-14;1-10(2)12-6-4-5-7-13(12)14-8-15-16(18-14)11(3)9-17-15/h11-14H,1-10H3;8-14H,1-7H3;8-12H,1-7H3;6-12H,1-5H3;5-10H,1-4H3;5-8H,1-4H3;4-10H,1-3H3. The lowest BCUT2D eigenvalue weighted by molar-refractivity contribution is 0.551. The highest BCUT2D eigenvalue weighted by atomic mass is 32.2. The molecule has 0 unspecified atom stereocenters. The zero-order chi connectivity index (χ0) is 109. The Hall–Kier alpha value is -7.84. The van der Waals surface area contributed by atoms with Gasteiger partial charge in [0.05, 0.1) is 0 Å². The van der Waals surface area contributed by atoms with Gasteiger partial charge in [-0.25, -0.2) is 0 Å². The van der Waals surface area contributed by atoms with Crippen LogP contribution in [0, 0.1) is 69.2 Å². The Balaban J connectivity index is 0.000000131. The molecule has 0 amide bonds. The Morgan fingerprint density at radius 3 is 0.773 bits per heavy atom. The van der Waals surface area contributed by atoms with Crippen molar-refractivity contribution in [3.63, 3.8) is 0 Å². The lowest BCUT2D eigenvalue weighted by atomic mass is 9.72. The first-order valence-corrected chi connectivity index (χ1v) is 65.4. The maximum Gasteiger partial charge on any atom is 0.0486 e. The largest absolute Gasteiger partial charge is 0.143 e. The predicted octanol–water partition coefficient (Wildman–Crippen LogP) is 50.0. The number of benzene rings is 7. The van der Waals surface area contributed by atoms with E-state index in [-0.39, 0.29) is 32.5 Å². The Bertz CT molecular complexity index is 8220. The van der Waals surface area contributed by atoms with Crippen LogP contribution in [0.3, 0.4) is 0 Å². The molecule has 150 heavy (non-hydrogen) atoms. The molecule has 0 aliphatic carbocycles. The quantitative estimate of drug-likeness (QED) is 0.108.